The summed E-state index contributed by atoms with van der Waals surface area (Å²) in [7, 11) is 1.43. The summed E-state index contributed by atoms with van der Waals surface area (Å²) in [6, 6.07) is 9.61. The molecule has 2 aromatic rings. The highest BCUT2D eigenvalue weighted by molar-refractivity contribution is 5.81. The van der Waals surface area contributed by atoms with E-state index < -0.39 is 5.97 Å². The van der Waals surface area contributed by atoms with Gasteiger partial charge in [-0.15, -0.1) is 0 Å². The molecule has 1 aromatic carbocycles. The zero-order valence-corrected chi connectivity index (χ0v) is 12.1. The van der Waals surface area contributed by atoms with Crippen LogP contribution in [0.3, 0.4) is 0 Å². The first kappa shape index (κ1) is 15.8. The maximum Gasteiger partial charge on any atom is 0.323 e. The molecule has 0 fully saturated rings. The number of carboxylic acid groups (broad SMARTS) is 1. The lowest BCUT2D eigenvalue weighted by Crippen LogP contribution is -2.32. The van der Waals surface area contributed by atoms with Crippen LogP contribution in [0.2, 0.25) is 0 Å². The number of carbonyl (C=O) groups is 2. The summed E-state index contributed by atoms with van der Waals surface area (Å²) in [4.78, 5) is 23.4. The third-order valence-corrected chi connectivity index (χ3v) is 3.18. The van der Waals surface area contributed by atoms with Crippen molar-refractivity contribution in [2.45, 2.75) is 12.8 Å². The van der Waals surface area contributed by atoms with Crippen LogP contribution in [0, 0.1) is 5.82 Å². The Hall–Kier alpha value is -2.63. The molecule has 0 aliphatic heterocycles. The molecule has 1 heterocycles. The van der Waals surface area contributed by atoms with Crippen LogP contribution in [-0.2, 0) is 16.0 Å². The van der Waals surface area contributed by atoms with Gasteiger partial charge in [-0.1, -0.05) is 12.1 Å². The number of hydrogen-bond donors (Lipinski definition) is 1. The molecular weight excluding hydrogens is 289 g/mol. The topological polar surface area (TPSA) is 70.8 Å². The SMILES string of the molecule is CN(CC(=O)O)C(=O)CCc1ccc(-c2ccccc2F)o1. The fraction of sp³-hybridized carbons (Fsp3) is 0.250. The standard InChI is InChI=1S/C16H16FNO4/c1-18(10-16(20)21)15(19)9-7-11-6-8-14(22-11)12-4-2-3-5-13(12)17/h2-6,8H,7,9-10H2,1H3,(H,20,21). The third-order valence-electron chi connectivity index (χ3n) is 3.18. The molecule has 1 aromatic heterocycles. The van der Waals surface area contributed by atoms with Crippen molar-refractivity contribution in [2.24, 2.45) is 0 Å². The number of carbonyl (C=O) groups excluding carboxylic acids is 1. The van der Waals surface area contributed by atoms with Crippen molar-refractivity contribution < 1.29 is 23.5 Å². The average Bonchev–Trinajstić information content (AvgIpc) is 2.93. The van der Waals surface area contributed by atoms with Gasteiger partial charge in [0.05, 0.1) is 5.56 Å². The van der Waals surface area contributed by atoms with Gasteiger partial charge in [0, 0.05) is 19.9 Å². The first-order valence-electron chi connectivity index (χ1n) is 6.76. The van der Waals surface area contributed by atoms with Gasteiger partial charge in [-0.2, -0.15) is 0 Å². The Balaban J connectivity index is 1.97. The van der Waals surface area contributed by atoms with E-state index in [1.165, 1.54) is 13.1 Å². The molecule has 1 amide bonds. The van der Waals surface area contributed by atoms with Crippen molar-refractivity contribution in [3.05, 3.63) is 48.0 Å². The van der Waals surface area contributed by atoms with E-state index in [4.69, 9.17) is 9.52 Å². The van der Waals surface area contributed by atoms with Crippen molar-refractivity contribution in [3.8, 4) is 11.3 Å². The summed E-state index contributed by atoms with van der Waals surface area (Å²) < 4.78 is 19.2. The van der Waals surface area contributed by atoms with Crippen LogP contribution < -0.4 is 0 Å². The van der Waals surface area contributed by atoms with E-state index >= 15 is 0 Å². The van der Waals surface area contributed by atoms with E-state index in [0.717, 1.165) is 4.90 Å². The van der Waals surface area contributed by atoms with Crippen LogP contribution in [-0.4, -0.2) is 35.5 Å². The Morgan fingerprint density at radius 3 is 2.64 bits per heavy atom. The smallest absolute Gasteiger partial charge is 0.323 e. The molecule has 0 unspecified atom stereocenters. The molecule has 0 saturated carbocycles. The zero-order valence-electron chi connectivity index (χ0n) is 12.1. The highest BCUT2D eigenvalue weighted by atomic mass is 19.1. The molecule has 0 atom stereocenters. The van der Waals surface area contributed by atoms with Gasteiger partial charge in [0.2, 0.25) is 5.91 Å². The predicted octanol–water partition coefficient (Wildman–Crippen LogP) is 2.56. The average molecular weight is 305 g/mol. The third kappa shape index (κ3) is 3.94. The highest BCUT2D eigenvalue weighted by Crippen LogP contribution is 2.25. The molecule has 2 rings (SSSR count). The van der Waals surface area contributed by atoms with Crippen LogP contribution in [0.1, 0.15) is 12.2 Å². The van der Waals surface area contributed by atoms with E-state index in [-0.39, 0.29) is 24.7 Å². The molecule has 0 saturated heterocycles. The van der Waals surface area contributed by atoms with Crippen molar-refractivity contribution in [1.82, 2.24) is 4.90 Å². The van der Waals surface area contributed by atoms with Gasteiger partial charge in [-0.25, -0.2) is 4.39 Å². The number of amides is 1. The number of nitrogens with zero attached hydrogens (tertiary/aromatic N) is 1. The fourth-order valence-corrected chi connectivity index (χ4v) is 2.03. The summed E-state index contributed by atoms with van der Waals surface area (Å²) in [5.74, 6) is -0.766. The van der Waals surface area contributed by atoms with Gasteiger partial charge < -0.3 is 14.4 Å². The molecule has 0 bridgehead atoms. The zero-order chi connectivity index (χ0) is 16.1. The van der Waals surface area contributed by atoms with Crippen molar-refractivity contribution in [1.29, 1.82) is 0 Å². The Morgan fingerprint density at radius 1 is 1.23 bits per heavy atom. The lowest BCUT2D eigenvalue weighted by molar-refractivity contribution is -0.143. The molecule has 6 heteroatoms. The second-order valence-electron chi connectivity index (χ2n) is 4.89. The number of likely N-dealkylation sites (N-methyl/N-ethyl adjacent to an activating group) is 1. The van der Waals surface area contributed by atoms with E-state index in [9.17, 15) is 14.0 Å². The van der Waals surface area contributed by atoms with Crippen LogP contribution >= 0.6 is 0 Å². The number of furan rings is 1. The summed E-state index contributed by atoms with van der Waals surface area (Å²) in [6.45, 7) is -0.336. The molecule has 0 aliphatic rings. The van der Waals surface area contributed by atoms with Gasteiger partial charge in [-0.3, -0.25) is 9.59 Å². The van der Waals surface area contributed by atoms with Gasteiger partial charge in [0.25, 0.3) is 0 Å². The van der Waals surface area contributed by atoms with E-state index in [1.807, 2.05) is 0 Å². The van der Waals surface area contributed by atoms with E-state index in [1.54, 1.807) is 30.3 Å². The van der Waals surface area contributed by atoms with Crippen LogP contribution in [0.25, 0.3) is 11.3 Å². The highest BCUT2D eigenvalue weighted by Gasteiger charge is 2.14. The fourth-order valence-electron chi connectivity index (χ4n) is 2.03. The second kappa shape index (κ2) is 6.89. The molecule has 0 radical (unpaired) electrons. The van der Waals surface area contributed by atoms with E-state index in [2.05, 4.69) is 0 Å². The monoisotopic (exact) mass is 305 g/mol. The molecule has 116 valence electrons. The lowest BCUT2D eigenvalue weighted by atomic mass is 10.1. The summed E-state index contributed by atoms with van der Waals surface area (Å²) in [5.41, 5.74) is 0.364. The summed E-state index contributed by atoms with van der Waals surface area (Å²) in [5, 5.41) is 8.63. The largest absolute Gasteiger partial charge is 0.480 e. The number of hydrogen-bond acceptors (Lipinski definition) is 3. The van der Waals surface area contributed by atoms with Crippen LogP contribution in [0.15, 0.2) is 40.8 Å². The molecule has 0 spiro atoms. The van der Waals surface area contributed by atoms with Gasteiger partial charge in [0.1, 0.15) is 23.9 Å². The second-order valence-corrected chi connectivity index (χ2v) is 4.89. The Bertz CT molecular complexity index is 680. The number of carboxylic acids is 1. The normalized spacial score (nSPS) is 10.5. The Kier molecular flexibility index (Phi) is 4.93. The number of rotatable bonds is 6. The minimum atomic E-state index is -1.06. The van der Waals surface area contributed by atoms with Crippen molar-refractivity contribution in [2.75, 3.05) is 13.6 Å². The first-order valence-corrected chi connectivity index (χ1v) is 6.76. The van der Waals surface area contributed by atoms with Crippen molar-refractivity contribution >= 4 is 11.9 Å². The van der Waals surface area contributed by atoms with Gasteiger partial charge in [-0.05, 0) is 24.3 Å². The van der Waals surface area contributed by atoms with Crippen LogP contribution in [0.4, 0.5) is 4.39 Å². The first-order chi connectivity index (χ1) is 10.5. The van der Waals surface area contributed by atoms with E-state index in [0.29, 0.717) is 23.5 Å². The minimum absolute atomic E-state index is 0.133. The molecule has 5 nitrogen and oxygen atoms in total. The maximum absolute atomic E-state index is 13.6. The molecule has 0 aliphatic carbocycles. The number of halogens is 1. The summed E-state index contributed by atoms with van der Waals surface area (Å²) >= 11 is 0. The molecule has 1 N–H and O–H groups in total. The van der Waals surface area contributed by atoms with Gasteiger partial charge >= 0.3 is 5.97 Å². The maximum atomic E-state index is 13.6. The Labute approximate surface area is 127 Å². The molecular formula is C16H16FNO4. The lowest BCUT2D eigenvalue weighted by Gasteiger charge is -2.13. The quantitative estimate of drug-likeness (QED) is 0.890. The predicted molar refractivity (Wildman–Crippen MR) is 77.7 cm³/mol. The minimum Gasteiger partial charge on any atom is -0.480 e. The van der Waals surface area contributed by atoms with Crippen LogP contribution in [0.5, 0.6) is 0 Å². The Morgan fingerprint density at radius 2 is 1.95 bits per heavy atom. The van der Waals surface area contributed by atoms with Crippen molar-refractivity contribution in [3.63, 3.8) is 0 Å². The molecule has 22 heavy (non-hydrogen) atoms. The number of benzene rings is 1. The number of aryl methyl sites for hydroxylation is 1. The number of aliphatic carboxylic acids is 1. The summed E-state index contributed by atoms with van der Waals surface area (Å²) in [6.07, 6.45) is 0.464. The van der Waals surface area contributed by atoms with Gasteiger partial charge in [0.15, 0.2) is 0 Å².